The van der Waals surface area contributed by atoms with Crippen molar-refractivity contribution in [1.29, 1.82) is 0 Å². The maximum Gasteiger partial charge on any atom is 0.237 e. The third kappa shape index (κ3) is 3.95. The van der Waals surface area contributed by atoms with Gasteiger partial charge in [0.15, 0.2) is 0 Å². The predicted molar refractivity (Wildman–Crippen MR) is 108 cm³/mol. The highest BCUT2D eigenvalue weighted by molar-refractivity contribution is 8.00. The molecule has 0 fully saturated rings. The van der Waals surface area contributed by atoms with Gasteiger partial charge in [-0.1, -0.05) is 23.4 Å². The van der Waals surface area contributed by atoms with Crippen LogP contribution in [0.1, 0.15) is 6.92 Å². The summed E-state index contributed by atoms with van der Waals surface area (Å²) in [6.45, 7) is 1.79. The molecule has 0 saturated heterocycles. The second-order valence-corrected chi connectivity index (χ2v) is 7.60. The Hall–Kier alpha value is -3.04. The molecule has 0 saturated carbocycles. The summed E-state index contributed by atoms with van der Waals surface area (Å²) in [6.07, 6.45) is 3.24. The first-order chi connectivity index (χ1) is 13.6. The molecule has 140 valence electrons. The highest BCUT2D eigenvalue weighted by Gasteiger charge is 2.19. The lowest BCUT2D eigenvalue weighted by molar-refractivity contribution is -0.115. The number of carbonyl (C=O) groups excluding carboxylic acids is 1. The standard InChI is InChI=1S/C18H14ClN7OS/c1-11(17(27)22-13-4-7-15-16(10-13)21-9-8-20-15)28-18-23-24-25-26(18)14-5-2-12(19)3-6-14/h2-11H,1H3,(H,22,27). The first-order valence-corrected chi connectivity index (χ1v) is 9.58. The zero-order valence-electron chi connectivity index (χ0n) is 14.7. The first kappa shape index (κ1) is 18.3. The van der Waals surface area contributed by atoms with Crippen molar-refractivity contribution in [3.05, 3.63) is 59.9 Å². The van der Waals surface area contributed by atoms with E-state index in [1.165, 1.54) is 11.8 Å². The van der Waals surface area contributed by atoms with Gasteiger partial charge in [0.2, 0.25) is 11.1 Å². The number of carbonyl (C=O) groups is 1. The Balaban J connectivity index is 1.47. The van der Waals surface area contributed by atoms with Gasteiger partial charge in [-0.25, -0.2) is 0 Å². The molecule has 28 heavy (non-hydrogen) atoms. The van der Waals surface area contributed by atoms with Crippen molar-refractivity contribution in [2.75, 3.05) is 5.32 Å². The van der Waals surface area contributed by atoms with Crippen LogP contribution in [-0.2, 0) is 4.79 Å². The van der Waals surface area contributed by atoms with Crippen LogP contribution in [0.5, 0.6) is 0 Å². The molecule has 0 radical (unpaired) electrons. The number of halogens is 1. The van der Waals surface area contributed by atoms with Crippen molar-refractivity contribution in [3.63, 3.8) is 0 Å². The second kappa shape index (κ2) is 7.91. The Morgan fingerprint density at radius 1 is 1.11 bits per heavy atom. The molecule has 0 aliphatic carbocycles. The van der Waals surface area contributed by atoms with E-state index in [0.29, 0.717) is 21.4 Å². The molecule has 2 aromatic carbocycles. The maximum atomic E-state index is 12.6. The van der Waals surface area contributed by atoms with Crippen LogP contribution in [0.3, 0.4) is 0 Å². The maximum absolute atomic E-state index is 12.6. The molecule has 10 heteroatoms. The largest absolute Gasteiger partial charge is 0.325 e. The average molecular weight is 412 g/mol. The lowest BCUT2D eigenvalue weighted by Gasteiger charge is -2.12. The van der Waals surface area contributed by atoms with Gasteiger partial charge in [-0.05, 0) is 59.8 Å². The molecule has 1 amide bonds. The summed E-state index contributed by atoms with van der Waals surface area (Å²) in [5.41, 5.74) is 2.90. The van der Waals surface area contributed by atoms with Crippen LogP contribution < -0.4 is 5.32 Å². The summed E-state index contributed by atoms with van der Waals surface area (Å²) < 4.78 is 1.57. The average Bonchev–Trinajstić information content (AvgIpc) is 3.16. The number of aromatic nitrogens is 6. The number of thioether (sulfide) groups is 1. The fraction of sp³-hybridized carbons (Fsp3) is 0.111. The van der Waals surface area contributed by atoms with Gasteiger partial charge in [0, 0.05) is 23.1 Å². The number of rotatable bonds is 5. The second-order valence-electron chi connectivity index (χ2n) is 5.86. The number of benzene rings is 2. The van der Waals surface area contributed by atoms with Crippen LogP contribution in [0, 0.1) is 0 Å². The molecular formula is C18H14ClN7OS. The van der Waals surface area contributed by atoms with E-state index in [9.17, 15) is 4.79 Å². The summed E-state index contributed by atoms with van der Waals surface area (Å²) in [4.78, 5) is 21.1. The SMILES string of the molecule is CC(Sc1nnnn1-c1ccc(Cl)cc1)C(=O)Nc1ccc2nccnc2c1. The van der Waals surface area contributed by atoms with Gasteiger partial charge in [0.1, 0.15) is 0 Å². The highest BCUT2D eigenvalue weighted by atomic mass is 35.5. The van der Waals surface area contributed by atoms with Gasteiger partial charge in [0.05, 0.1) is 22.0 Å². The van der Waals surface area contributed by atoms with Gasteiger partial charge in [-0.15, -0.1) is 5.10 Å². The number of nitrogens with one attached hydrogen (secondary N) is 1. The summed E-state index contributed by atoms with van der Waals surface area (Å²) in [5, 5.41) is 15.3. The number of anilines is 1. The number of hydrogen-bond donors (Lipinski definition) is 1. The van der Waals surface area contributed by atoms with Crippen molar-refractivity contribution in [2.24, 2.45) is 0 Å². The van der Waals surface area contributed by atoms with E-state index in [-0.39, 0.29) is 5.91 Å². The summed E-state index contributed by atoms with van der Waals surface area (Å²) in [5.74, 6) is -0.168. The predicted octanol–water partition coefficient (Wildman–Crippen LogP) is 3.38. The number of tetrazole rings is 1. The highest BCUT2D eigenvalue weighted by Crippen LogP contribution is 2.25. The molecule has 1 atom stereocenters. The Bertz CT molecular complexity index is 1130. The topological polar surface area (TPSA) is 98.5 Å². The molecule has 0 bridgehead atoms. The third-order valence-electron chi connectivity index (χ3n) is 3.90. The molecule has 0 aliphatic heterocycles. The van der Waals surface area contributed by atoms with Gasteiger partial charge in [0.25, 0.3) is 0 Å². The lowest BCUT2D eigenvalue weighted by Crippen LogP contribution is -2.23. The number of hydrogen-bond acceptors (Lipinski definition) is 7. The molecule has 4 aromatic rings. The van der Waals surface area contributed by atoms with E-state index in [1.807, 2.05) is 18.2 Å². The van der Waals surface area contributed by atoms with E-state index in [4.69, 9.17) is 11.6 Å². The van der Waals surface area contributed by atoms with Crippen LogP contribution in [0.25, 0.3) is 16.7 Å². The molecular weight excluding hydrogens is 398 g/mol. The molecule has 2 heterocycles. The van der Waals surface area contributed by atoms with E-state index >= 15 is 0 Å². The summed E-state index contributed by atoms with van der Waals surface area (Å²) >= 11 is 7.19. The van der Waals surface area contributed by atoms with Crippen molar-refractivity contribution in [3.8, 4) is 5.69 Å². The van der Waals surface area contributed by atoms with Crippen LogP contribution in [0.4, 0.5) is 5.69 Å². The minimum atomic E-state index is -0.422. The van der Waals surface area contributed by atoms with E-state index < -0.39 is 5.25 Å². The van der Waals surface area contributed by atoms with E-state index in [2.05, 4.69) is 30.8 Å². The van der Waals surface area contributed by atoms with Gasteiger partial charge < -0.3 is 5.32 Å². The van der Waals surface area contributed by atoms with Crippen LogP contribution in [0.2, 0.25) is 5.02 Å². The fourth-order valence-corrected chi connectivity index (χ4v) is 3.43. The lowest BCUT2D eigenvalue weighted by atomic mass is 10.2. The molecule has 8 nitrogen and oxygen atoms in total. The third-order valence-corrected chi connectivity index (χ3v) is 5.19. The Morgan fingerprint density at radius 3 is 2.64 bits per heavy atom. The number of nitrogens with zero attached hydrogens (tertiary/aromatic N) is 6. The molecule has 1 N–H and O–H groups in total. The van der Waals surface area contributed by atoms with Crippen LogP contribution in [0.15, 0.2) is 60.0 Å². The molecule has 4 rings (SSSR count). The summed E-state index contributed by atoms with van der Waals surface area (Å²) in [6, 6.07) is 12.5. The van der Waals surface area contributed by atoms with E-state index in [1.54, 1.807) is 48.3 Å². The van der Waals surface area contributed by atoms with E-state index in [0.717, 1.165) is 11.2 Å². The van der Waals surface area contributed by atoms with Crippen molar-refractivity contribution >= 4 is 46.0 Å². The van der Waals surface area contributed by atoms with Gasteiger partial charge >= 0.3 is 0 Å². The zero-order valence-corrected chi connectivity index (χ0v) is 16.2. The minimum absolute atomic E-state index is 0.168. The summed E-state index contributed by atoms with van der Waals surface area (Å²) in [7, 11) is 0. The minimum Gasteiger partial charge on any atom is -0.325 e. The molecule has 0 spiro atoms. The smallest absolute Gasteiger partial charge is 0.237 e. The van der Waals surface area contributed by atoms with Crippen molar-refractivity contribution in [1.82, 2.24) is 30.2 Å². The quantitative estimate of drug-likeness (QED) is 0.502. The number of fused-ring (bicyclic) bond motifs is 1. The molecule has 0 aliphatic rings. The fourth-order valence-electron chi connectivity index (χ4n) is 2.49. The van der Waals surface area contributed by atoms with Crippen LogP contribution in [-0.4, -0.2) is 41.3 Å². The Labute approximate surface area is 169 Å². The van der Waals surface area contributed by atoms with Gasteiger partial charge in [-0.2, -0.15) is 4.68 Å². The number of amides is 1. The zero-order chi connectivity index (χ0) is 19.5. The Morgan fingerprint density at radius 2 is 1.86 bits per heavy atom. The van der Waals surface area contributed by atoms with Crippen LogP contribution >= 0.6 is 23.4 Å². The van der Waals surface area contributed by atoms with Gasteiger partial charge in [-0.3, -0.25) is 14.8 Å². The Kier molecular flexibility index (Phi) is 5.18. The molecule has 1 unspecified atom stereocenters. The normalized spacial score (nSPS) is 12.1. The monoisotopic (exact) mass is 411 g/mol. The first-order valence-electron chi connectivity index (χ1n) is 8.33. The van der Waals surface area contributed by atoms with Crippen molar-refractivity contribution < 1.29 is 4.79 Å². The molecule has 2 aromatic heterocycles. The van der Waals surface area contributed by atoms with Crippen molar-refractivity contribution in [2.45, 2.75) is 17.3 Å².